The summed E-state index contributed by atoms with van der Waals surface area (Å²) in [5.74, 6) is 0.322. The number of benzene rings is 1. The van der Waals surface area contributed by atoms with Crippen molar-refractivity contribution in [2.45, 2.75) is 26.3 Å². The van der Waals surface area contributed by atoms with E-state index in [0.29, 0.717) is 36.6 Å². The van der Waals surface area contributed by atoms with Gasteiger partial charge in [0.25, 0.3) is 5.69 Å². The van der Waals surface area contributed by atoms with Gasteiger partial charge in [-0.1, -0.05) is 24.6 Å². The zero-order chi connectivity index (χ0) is 14.7. The average molecular weight is 297 g/mol. The highest BCUT2D eigenvalue weighted by molar-refractivity contribution is 6.31. The quantitative estimate of drug-likeness (QED) is 0.633. The number of ketones is 1. The van der Waals surface area contributed by atoms with Crippen LogP contribution >= 0.6 is 11.6 Å². The Hall–Kier alpha value is -1.46. The first-order valence-electron chi connectivity index (χ1n) is 6.69. The molecule has 0 aliphatic carbocycles. The highest BCUT2D eigenvalue weighted by atomic mass is 35.5. The van der Waals surface area contributed by atoms with E-state index in [0.717, 1.165) is 6.42 Å². The molecule has 0 aromatic heterocycles. The number of carbonyl (C=O) groups excluding carboxylic acids is 1. The summed E-state index contributed by atoms with van der Waals surface area (Å²) in [7, 11) is 0. The molecule has 0 amide bonds. The molecule has 1 saturated heterocycles. The van der Waals surface area contributed by atoms with Crippen LogP contribution in [0.2, 0.25) is 5.02 Å². The summed E-state index contributed by atoms with van der Waals surface area (Å²) in [5.41, 5.74) is 0.575. The van der Waals surface area contributed by atoms with Crippen LogP contribution in [0.3, 0.4) is 0 Å². The third-order valence-electron chi connectivity index (χ3n) is 3.77. The molecule has 2 rings (SSSR count). The summed E-state index contributed by atoms with van der Waals surface area (Å²) in [5, 5.41) is 11.5. The molecule has 1 heterocycles. The van der Waals surface area contributed by atoms with E-state index in [1.807, 2.05) is 6.92 Å². The van der Waals surface area contributed by atoms with Crippen LogP contribution in [0.4, 0.5) is 5.69 Å². The summed E-state index contributed by atoms with van der Waals surface area (Å²) in [4.78, 5) is 24.4. The van der Waals surface area contributed by atoms with Gasteiger partial charge in [0, 0.05) is 38.0 Å². The van der Waals surface area contributed by atoms with Gasteiger partial charge in [-0.05, 0) is 12.5 Å². The molecule has 6 heteroatoms. The van der Waals surface area contributed by atoms with Gasteiger partial charge in [-0.25, -0.2) is 0 Å². The predicted octanol–water partition coefficient (Wildman–Crippen LogP) is 3.05. The van der Waals surface area contributed by atoms with Crippen LogP contribution in [0, 0.1) is 16.0 Å². The molecule has 1 aliphatic rings. The fourth-order valence-electron chi connectivity index (χ4n) is 2.58. The number of halogens is 1. The summed E-state index contributed by atoms with van der Waals surface area (Å²) in [6.45, 7) is 3.69. The predicted molar refractivity (Wildman–Crippen MR) is 76.8 cm³/mol. The Balaban J connectivity index is 2.18. The molecule has 1 aromatic rings. The third-order valence-corrected chi connectivity index (χ3v) is 4.13. The molecule has 1 atom stereocenters. The Morgan fingerprint density at radius 3 is 2.90 bits per heavy atom. The summed E-state index contributed by atoms with van der Waals surface area (Å²) in [6, 6.07) is 4.71. The van der Waals surface area contributed by atoms with Gasteiger partial charge < -0.3 is 0 Å². The third kappa shape index (κ3) is 3.16. The number of Topliss-reactive ketones (excluding diaryl/α,β-unsaturated/α-hetero) is 1. The van der Waals surface area contributed by atoms with Crippen LogP contribution in [0.15, 0.2) is 18.2 Å². The molecule has 0 spiro atoms. The van der Waals surface area contributed by atoms with Gasteiger partial charge in [0.15, 0.2) is 0 Å². The maximum Gasteiger partial charge on any atom is 0.275 e. The van der Waals surface area contributed by atoms with Crippen molar-refractivity contribution in [3.63, 3.8) is 0 Å². The largest absolute Gasteiger partial charge is 0.299 e. The maximum absolute atomic E-state index is 11.7. The maximum atomic E-state index is 11.7. The van der Waals surface area contributed by atoms with Gasteiger partial charge in [0.05, 0.1) is 15.5 Å². The van der Waals surface area contributed by atoms with Crippen LogP contribution in [-0.4, -0.2) is 28.7 Å². The van der Waals surface area contributed by atoms with Crippen molar-refractivity contribution in [3.05, 3.63) is 38.9 Å². The van der Waals surface area contributed by atoms with Crippen LogP contribution in [0.25, 0.3) is 0 Å². The summed E-state index contributed by atoms with van der Waals surface area (Å²) < 4.78 is 0. The van der Waals surface area contributed by atoms with Crippen molar-refractivity contribution in [2.75, 3.05) is 13.1 Å². The number of hydrogen-bond donors (Lipinski definition) is 0. The Morgan fingerprint density at radius 2 is 2.25 bits per heavy atom. The van der Waals surface area contributed by atoms with Gasteiger partial charge in [0.1, 0.15) is 5.78 Å². The highest BCUT2D eigenvalue weighted by Crippen LogP contribution is 2.29. The van der Waals surface area contributed by atoms with E-state index in [1.165, 1.54) is 6.07 Å². The van der Waals surface area contributed by atoms with Gasteiger partial charge in [0.2, 0.25) is 0 Å². The van der Waals surface area contributed by atoms with Gasteiger partial charge in [-0.15, -0.1) is 0 Å². The van der Waals surface area contributed by atoms with Crippen molar-refractivity contribution in [1.29, 1.82) is 0 Å². The number of hydrogen-bond acceptors (Lipinski definition) is 4. The Kier molecular flexibility index (Phi) is 4.73. The number of nitro groups is 1. The van der Waals surface area contributed by atoms with Gasteiger partial charge in [-0.3, -0.25) is 19.8 Å². The standard InChI is InChI=1S/C14H17ClN2O3/c1-2-10-8-16(7-6-14(10)18)9-11-12(15)4-3-5-13(11)17(19)20/h3-5,10H,2,6-9H2,1H3. The first-order chi connectivity index (χ1) is 9.52. The molecular weight excluding hydrogens is 280 g/mol. The number of nitro benzene ring substituents is 1. The first-order valence-corrected chi connectivity index (χ1v) is 7.07. The molecule has 1 fully saturated rings. The molecule has 0 N–H and O–H groups in total. The van der Waals surface area contributed by atoms with Gasteiger partial charge in [-0.2, -0.15) is 0 Å². The minimum atomic E-state index is -0.409. The lowest BCUT2D eigenvalue weighted by molar-refractivity contribution is -0.385. The second-order valence-corrected chi connectivity index (χ2v) is 5.46. The first kappa shape index (κ1) is 14.9. The molecule has 1 aliphatic heterocycles. The lowest BCUT2D eigenvalue weighted by atomic mass is 9.94. The molecule has 1 aromatic carbocycles. The number of likely N-dealkylation sites (tertiary alicyclic amines) is 1. The fourth-order valence-corrected chi connectivity index (χ4v) is 2.81. The second-order valence-electron chi connectivity index (χ2n) is 5.05. The van der Waals surface area contributed by atoms with E-state index in [9.17, 15) is 14.9 Å². The summed E-state index contributed by atoms with van der Waals surface area (Å²) >= 11 is 6.09. The Labute approximate surface area is 122 Å². The zero-order valence-corrected chi connectivity index (χ0v) is 12.1. The highest BCUT2D eigenvalue weighted by Gasteiger charge is 2.27. The van der Waals surface area contributed by atoms with Crippen molar-refractivity contribution in [3.8, 4) is 0 Å². The average Bonchev–Trinajstić information content (AvgIpc) is 2.42. The molecule has 1 unspecified atom stereocenters. The van der Waals surface area contributed by atoms with Crippen molar-refractivity contribution >= 4 is 23.1 Å². The molecule has 0 radical (unpaired) electrons. The molecule has 5 nitrogen and oxygen atoms in total. The smallest absolute Gasteiger partial charge is 0.275 e. The SMILES string of the molecule is CCC1CN(Cc2c(Cl)cccc2[N+](=O)[O-])CCC1=O. The lowest BCUT2D eigenvalue weighted by Crippen LogP contribution is -2.40. The van der Waals surface area contributed by atoms with E-state index < -0.39 is 4.92 Å². The monoisotopic (exact) mass is 296 g/mol. The Bertz CT molecular complexity index is 533. The number of nitrogens with zero attached hydrogens (tertiary/aromatic N) is 2. The summed E-state index contributed by atoms with van der Waals surface area (Å²) in [6.07, 6.45) is 1.32. The molecule has 0 bridgehead atoms. The minimum Gasteiger partial charge on any atom is -0.299 e. The minimum absolute atomic E-state index is 0.0327. The van der Waals surface area contributed by atoms with Gasteiger partial charge >= 0.3 is 0 Å². The number of piperidine rings is 1. The molecule has 20 heavy (non-hydrogen) atoms. The van der Waals surface area contributed by atoms with E-state index in [1.54, 1.807) is 12.1 Å². The fraction of sp³-hybridized carbons (Fsp3) is 0.500. The molecule has 108 valence electrons. The van der Waals surface area contributed by atoms with Crippen molar-refractivity contribution < 1.29 is 9.72 Å². The van der Waals surface area contributed by atoms with Crippen LogP contribution in [0.5, 0.6) is 0 Å². The van der Waals surface area contributed by atoms with Crippen LogP contribution in [-0.2, 0) is 11.3 Å². The normalized spacial score (nSPS) is 20.1. The second kappa shape index (κ2) is 6.33. The number of carbonyl (C=O) groups is 1. The topological polar surface area (TPSA) is 63.4 Å². The molecule has 0 saturated carbocycles. The van der Waals surface area contributed by atoms with E-state index in [-0.39, 0.29) is 17.4 Å². The Morgan fingerprint density at radius 1 is 1.50 bits per heavy atom. The molecular formula is C14H17ClN2O3. The van der Waals surface area contributed by atoms with E-state index in [2.05, 4.69) is 4.90 Å². The van der Waals surface area contributed by atoms with Crippen LogP contribution in [0.1, 0.15) is 25.3 Å². The lowest BCUT2D eigenvalue weighted by Gasteiger charge is -2.31. The van der Waals surface area contributed by atoms with Crippen molar-refractivity contribution in [2.24, 2.45) is 5.92 Å². The number of rotatable bonds is 4. The van der Waals surface area contributed by atoms with E-state index >= 15 is 0 Å². The van der Waals surface area contributed by atoms with Crippen LogP contribution < -0.4 is 0 Å². The zero-order valence-electron chi connectivity index (χ0n) is 11.3. The van der Waals surface area contributed by atoms with E-state index in [4.69, 9.17) is 11.6 Å². The van der Waals surface area contributed by atoms with Crippen molar-refractivity contribution in [1.82, 2.24) is 4.90 Å².